The van der Waals surface area contributed by atoms with Crippen LogP contribution in [0, 0.1) is 16.0 Å². The first kappa shape index (κ1) is 16.2. The van der Waals surface area contributed by atoms with Crippen molar-refractivity contribution in [2.45, 2.75) is 17.7 Å². The lowest BCUT2D eigenvalue weighted by molar-refractivity contribution is -0.387. The third-order valence-corrected chi connectivity index (χ3v) is 5.81. The van der Waals surface area contributed by atoms with Crippen LogP contribution in [-0.4, -0.2) is 37.3 Å². The SMILES string of the molecule is NCC1CCN(S(=O)(=O)c2cc(Cl)ccc2[N+](=O)[O-])CC1. The number of halogens is 1. The summed E-state index contributed by atoms with van der Waals surface area (Å²) in [5, 5.41) is 11.2. The number of nitrogens with zero attached hydrogens (tertiary/aromatic N) is 2. The molecule has 0 aromatic heterocycles. The molecule has 1 aliphatic rings. The minimum Gasteiger partial charge on any atom is -0.330 e. The van der Waals surface area contributed by atoms with Gasteiger partial charge >= 0.3 is 0 Å². The summed E-state index contributed by atoms with van der Waals surface area (Å²) in [6.07, 6.45) is 1.31. The molecule has 0 aliphatic carbocycles. The highest BCUT2D eigenvalue weighted by atomic mass is 35.5. The Kier molecular flexibility index (Phi) is 4.82. The molecular formula is C12H16ClN3O4S. The van der Waals surface area contributed by atoms with Crippen LogP contribution in [-0.2, 0) is 10.0 Å². The van der Waals surface area contributed by atoms with Gasteiger partial charge < -0.3 is 5.73 Å². The molecule has 9 heteroatoms. The van der Waals surface area contributed by atoms with Gasteiger partial charge in [-0.05, 0) is 37.4 Å². The van der Waals surface area contributed by atoms with Crippen molar-refractivity contribution in [3.05, 3.63) is 33.3 Å². The lowest BCUT2D eigenvalue weighted by Crippen LogP contribution is -2.40. The first-order chi connectivity index (χ1) is 9.86. The number of nitro groups is 1. The normalized spacial score (nSPS) is 17.8. The second-order valence-electron chi connectivity index (χ2n) is 4.95. The summed E-state index contributed by atoms with van der Waals surface area (Å²) >= 11 is 5.79. The van der Waals surface area contributed by atoms with Crippen LogP contribution in [0.5, 0.6) is 0 Å². The second-order valence-corrected chi connectivity index (χ2v) is 7.30. The van der Waals surface area contributed by atoms with E-state index >= 15 is 0 Å². The quantitative estimate of drug-likeness (QED) is 0.665. The van der Waals surface area contributed by atoms with Gasteiger partial charge in [-0.2, -0.15) is 4.31 Å². The van der Waals surface area contributed by atoms with E-state index in [1.54, 1.807) is 0 Å². The number of nitro benzene ring substituents is 1. The number of hydrogen-bond acceptors (Lipinski definition) is 5. The van der Waals surface area contributed by atoms with Gasteiger partial charge in [0.25, 0.3) is 5.69 Å². The van der Waals surface area contributed by atoms with Crippen molar-refractivity contribution in [2.75, 3.05) is 19.6 Å². The molecular weight excluding hydrogens is 318 g/mol. The zero-order valence-electron chi connectivity index (χ0n) is 11.2. The molecule has 0 bridgehead atoms. The topological polar surface area (TPSA) is 107 Å². The Labute approximate surface area is 127 Å². The largest absolute Gasteiger partial charge is 0.330 e. The van der Waals surface area contributed by atoms with Crippen LogP contribution in [0.15, 0.2) is 23.1 Å². The summed E-state index contributed by atoms with van der Waals surface area (Å²) in [4.78, 5) is 9.96. The first-order valence-corrected chi connectivity index (χ1v) is 8.32. The summed E-state index contributed by atoms with van der Waals surface area (Å²) in [6.45, 7) is 1.15. The van der Waals surface area contributed by atoms with Crippen molar-refractivity contribution in [2.24, 2.45) is 11.7 Å². The van der Waals surface area contributed by atoms with Crippen molar-refractivity contribution in [3.8, 4) is 0 Å². The summed E-state index contributed by atoms with van der Waals surface area (Å²) < 4.78 is 26.4. The molecule has 2 N–H and O–H groups in total. The van der Waals surface area contributed by atoms with Crippen LogP contribution < -0.4 is 5.73 Å². The van der Waals surface area contributed by atoms with Crippen molar-refractivity contribution < 1.29 is 13.3 Å². The zero-order valence-corrected chi connectivity index (χ0v) is 12.8. The molecule has 0 saturated carbocycles. The monoisotopic (exact) mass is 333 g/mol. The lowest BCUT2D eigenvalue weighted by atomic mass is 9.99. The lowest BCUT2D eigenvalue weighted by Gasteiger charge is -2.30. The summed E-state index contributed by atoms with van der Waals surface area (Å²) in [5.74, 6) is 0.297. The van der Waals surface area contributed by atoms with E-state index < -0.39 is 20.6 Å². The molecule has 1 saturated heterocycles. The molecule has 7 nitrogen and oxygen atoms in total. The van der Waals surface area contributed by atoms with Crippen LogP contribution >= 0.6 is 11.6 Å². The Hall–Kier alpha value is -1.22. The molecule has 1 fully saturated rings. The number of rotatable bonds is 4. The molecule has 0 spiro atoms. The molecule has 2 rings (SSSR count). The highest BCUT2D eigenvalue weighted by Gasteiger charge is 2.34. The van der Waals surface area contributed by atoms with E-state index in [9.17, 15) is 18.5 Å². The predicted octanol–water partition coefficient (Wildman–Crippen LogP) is 1.61. The number of nitrogens with two attached hydrogens (primary N) is 1. The molecule has 1 heterocycles. The standard InChI is InChI=1S/C12H16ClN3O4S/c13-10-1-2-11(16(17)18)12(7-10)21(19,20)15-5-3-9(8-14)4-6-15/h1-2,7,9H,3-6,8,14H2. The zero-order chi connectivity index (χ0) is 15.6. The van der Waals surface area contributed by atoms with Crippen LogP contribution in [0.3, 0.4) is 0 Å². The predicted molar refractivity (Wildman–Crippen MR) is 78.6 cm³/mol. The van der Waals surface area contributed by atoms with E-state index in [-0.39, 0.29) is 9.92 Å². The molecule has 0 atom stereocenters. The van der Waals surface area contributed by atoms with Crippen LogP contribution in [0.25, 0.3) is 0 Å². The summed E-state index contributed by atoms with van der Waals surface area (Å²) in [7, 11) is -3.93. The molecule has 1 aliphatic heterocycles. The Balaban J connectivity index is 2.36. The molecule has 1 aromatic rings. The molecule has 116 valence electrons. The van der Waals surface area contributed by atoms with E-state index in [1.807, 2.05) is 0 Å². The fourth-order valence-corrected chi connectivity index (χ4v) is 4.26. The number of piperidine rings is 1. The Bertz CT molecular complexity index is 642. The van der Waals surface area contributed by atoms with E-state index in [4.69, 9.17) is 17.3 Å². The minimum absolute atomic E-state index is 0.149. The average Bonchev–Trinajstić information content (AvgIpc) is 2.47. The molecule has 21 heavy (non-hydrogen) atoms. The van der Waals surface area contributed by atoms with E-state index in [0.29, 0.717) is 38.4 Å². The maximum absolute atomic E-state index is 12.6. The van der Waals surface area contributed by atoms with Gasteiger partial charge in [-0.25, -0.2) is 8.42 Å². The van der Waals surface area contributed by atoms with Gasteiger partial charge in [0.2, 0.25) is 10.0 Å². The summed E-state index contributed by atoms with van der Waals surface area (Å²) in [5.41, 5.74) is 5.12. The van der Waals surface area contributed by atoms with Crippen molar-refractivity contribution in [1.82, 2.24) is 4.31 Å². The van der Waals surface area contributed by atoms with Crippen LogP contribution in [0.4, 0.5) is 5.69 Å². The van der Waals surface area contributed by atoms with Gasteiger partial charge in [-0.1, -0.05) is 11.6 Å². The third kappa shape index (κ3) is 3.34. The van der Waals surface area contributed by atoms with Gasteiger partial charge in [-0.3, -0.25) is 10.1 Å². The highest BCUT2D eigenvalue weighted by molar-refractivity contribution is 7.89. The van der Waals surface area contributed by atoms with Crippen molar-refractivity contribution >= 4 is 27.3 Å². The minimum atomic E-state index is -3.93. The molecule has 0 amide bonds. The first-order valence-electron chi connectivity index (χ1n) is 6.50. The van der Waals surface area contributed by atoms with Crippen LogP contribution in [0.1, 0.15) is 12.8 Å². The maximum Gasteiger partial charge on any atom is 0.289 e. The van der Waals surface area contributed by atoms with Gasteiger partial charge in [0.15, 0.2) is 4.90 Å². The molecule has 0 unspecified atom stereocenters. The van der Waals surface area contributed by atoms with Gasteiger partial charge in [0, 0.05) is 24.2 Å². The van der Waals surface area contributed by atoms with Gasteiger partial charge in [0.1, 0.15) is 0 Å². The fraction of sp³-hybridized carbons (Fsp3) is 0.500. The Morgan fingerprint density at radius 2 is 2.00 bits per heavy atom. The maximum atomic E-state index is 12.6. The fourth-order valence-electron chi connectivity index (χ4n) is 2.37. The Morgan fingerprint density at radius 1 is 1.38 bits per heavy atom. The van der Waals surface area contributed by atoms with Crippen molar-refractivity contribution in [1.29, 1.82) is 0 Å². The molecule has 1 aromatic carbocycles. The third-order valence-electron chi connectivity index (χ3n) is 3.64. The highest BCUT2D eigenvalue weighted by Crippen LogP contribution is 2.31. The van der Waals surface area contributed by atoms with Crippen LogP contribution in [0.2, 0.25) is 5.02 Å². The number of benzene rings is 1. The van der Waals surface area contributed by atoms with E-state index in [2.05, 4.69) is 0 Å². The molecule has 0 radical (unpaired) electrons. The van der Waals surface area contributed by atoms with Gasteiger partial charge in [0.05, 0.1) is 4.92 Å². The summed E-state index contributed by atoms with van der Waals surface area (Å²) in [6, 6.07) is 3.55. The van der Waals surface area contributed by atoms with Crippen molar-refractivity contribution in [3.63, 3.8) is 0 Å². The number of sulfonamides is 1. The number of hydrogen-bond donors (Lipinski definition) is 1. The van der Waals surface area contributed by atoms with E-state index in [0.717, 1.165) is 12.1 Å². The van der Waals surface area contributed by atoms with Gasteiger partial charge in [-0.15, -0.1) is 0 Å². The smallest absolute Gasteiger partial charge is 0.289 e. The van der Waals surface area contributed by atoms with E-state index in [1.165, 1.54) is 10.4 Å². The average molecular weight is 334 g/mol. The second kappa shape index (κ2) is 6.27. The Morgan fingerprint density at radius 3 is 2.52 bits per heavy atom.